The molecule has 7 N–H and O–H groups in total. The van der Waals surface area contributed by atoms with Crippen LogP contribution < -0.4 is 10.2 Å². The van der Waals surface area contributed by atoms with Crippen molar-refractivity contribution in [3.63, 3.8) is 0 Å². The molecule has 0 bridgehead atoms. The maximum Gasteiger partial charge on any atom is 0.237 e. The van der Waals surface area contributed by atoms with E-state index in [1.807, 2.05) is 0 Å². The Balaban J connectivity index is 1.94. The van der Waals surface area contributed by atoms with Gasteiger partial charge >= 0.3 is 0 Å². The molecule has 1 saturated heterocycles. The summed E-state index contributed by atoms with van der Waals surface area (Å²) in [5.74, 6) is -2.52. The summed E-state index contributed by atoms with van der Waals surface area (Å²) in [6.07, 6.45) is -8.51. The number of hydrogen-bond donors (Lipinski definition) is 7. The first kappa shape index (κ1) is 23.4. The summed E-state index contributed by atoms with van der Waals surface area (Å²) in [4.78, 5) is 24.6. The molecule has 0 amide bonds. The Kier molecular flexibility index (Phi) is 6.12. The Morgan fingerprint density at radius 3 is 2.35 bits per heavy atom. The van der Waals surface area contributed by atoms with Gasteiger partial charge in [0, 0.05) is 17.7 Å². The van der Waals surface area contributed by atoms with Crippen LogP contribution in [0, 0.1) is 4.91 Å². The third-order valence-electron chi connectivity index (χ3n) is 5.34. The lowest BCUT2D eigenvalue weighted by molar-refractivity contribution is -0.277. The summed E-state index contributed by atoms with van der Waals surface area (Å²) >= 11 is 0. The maximum atomic E-state index is 13.4. The van der Waals surface area contributed by atoms with E-state index in [0.717, 1.165) is 24.3 Å². The predicted molar refractivity (Wildman–Crippen MR) is 113 cm³/mol. The number of aliphatic hydroxyl groups is 4. The van der Waals surface area contributed by atoms with E-state index in [4.69, 9.17) is 13.9 Å². The Morgan fingerprint density at radius 1 is 0.971 bits per heavy atom. The van der Waals surface area contributed by atoms with Crippen molar-refractivity contribution in [2.45, 2.75) is 30.7 Å². The second-order valence-electron chi connectivity index (χ2n) is 7.54. The van der Waals surface area contributed by atoms with Crippen LogP contribution in [0.3, 0.4) is 0 Å². The van der Waals surface area contributed by atoms with Crippen LogP contribution >= 0.6 is 0 Å². The van der Waals surface area contributed by atoms with Gasteiger partial charge in [-0.3, -0.25) is 4.79 Å². The zero-order chi connectivity index (χ0) is 24.7. The summed E-state index contributed by atoms with van der Waals surface area (Å²) < 4.78 is 16.5. The number of rotatable bonds is 5. The van der Waals surface area contributed by atoms with Crippen molar-refractivity contribution in [2.75, 3.05) is 6.61 Å². The maximum absolute atomic E-state index is 13.4. The van der Waals surface area contributed by atoms with E-state index in [9.17, 15) is 45.4 Å². The molecule has 13 heteroatoms. The molecule has 180 valence electrons. The van der Waals surface area contributed by atoms with Crippen molar-refractivity contribution in [1.82, 2.24) is 0 Å². The zero-order valence-corrected chi connectivity index (χ0v) is 17.1. The Bertz CT molecular complexity index is 1300. The molecule has 0 aliphatic carbocycles. The van der Waals surface area contributed by atoms with Gasteiger partial charge in [-0.15, -0.1) is 4.91 Å². The van der Waals surface area contributed by atoms with Crippen molar-refractivity contribution in [3.8, 4) is 34.3 Å². The number of nitroso groups, excluding NO2 is 1. The van der Waals surface area contributed by atoms with Crippen molar-refractivity contribution in [3.05, 3.63) is 45.5 Å². The highest BCUT2D eigenvalue weighted by Crippen LogP contribution is 2.39. The van der Waals surface area contributed by atoms with E-state index in [1.165, 1.54) is 6.07 Å². The standard InChI is InChI=1S/C21H19NO12/c23-6-13-15(27)17(29)18(30)21(33-13)34-20-16(28)14-9(22-31)4-8(24)5-12(14)32-19(20)7-1-2-10(25)11(26)3-7/h1-5,13,15,17-18,21,23-27,29-30H,6H2/t13-,15+,17+,18-,21+/m1/s1. The average molecular weight is 477 g/mol. The van der Waals surface area contributed by atoms with Crippen LogP contribution in [-0.4, -0.2) is 73.1 Å². The molecule has 2 heterocycles. The second-order valence-corrected chi connectivity index (χ2v) is 7.54. The molecule has 5 atom stereocenters. The Labute approximate surface area is 189 Å². The number of phenolic OH excluding ortho intramolecular Hbond substituents is 3. The molecule has 13 nitrogen and oxygen atoms in total. The topological polar surface area (TPSA) is 220 Å². The summed E-state index contributed by atoms with van der Waals surface area (Å²) in [6.45, 7) is -0.756. The van der Waals surface area contributed by atoms with Gasteiger partial charge in [0.25, 0.3) is 0 Å². The van der Waals surface area contributed by atoms with Gasteiger partial charge in [0.1, 0.15) is 41.4 Å². The molecule has 0 radical (unpaired) electrons. The fourth-order valence-corrected chi connectivity index (χ4v) is 3.58. The molecule has 1 aromatic heterocycles. The quantitative estimate of drug-likeness (QED) is 0.193. The Hall–Kier alpha value is -3.75. The van der Waals surface area contributed by atoms with Gasteiger partial charge in [0.05, 0.1) is 12.0 Å². The lowest BCUT2D eigenvalue weighted by atomic mass is 9.99. The second kappa shape index (κ2) is 8.89. The average Bonchev–Trinajstić information content (AvgIpc) is 2.81. The van der Waals surface area contributed by atoms with Gasteiger partial charge in [-0.2, -0.15) is 0 Å². The highest BCUT2D eigenvalue weighted by Gasteiger charge is 2.45. The number of ether oxygens (including phenoxy) is 2. The molecular formula is C21H19NO12. The minimum absolute atomic E-state index is 0.00199. The number of fused-ring (bicyclic) bond motifs is 1. The zero-order valence-electron chi connectivity index (χ0n) is 17.1. The lowest BCUT2D eigenvalue weighted by Crippen LogP contribution is -2.60. The van der Waals surface area contributed by atoms with Gasteiger partial charge < -0.3 is 49.6 Å². The van der Waals surface area contributed by atoms with Crippen molar-refractivity contribution >= 4 is 16.7 Å². The minimum atomic E-state index is -1.88. The summed E-state index contributed by atoms with van der Waals surface area (Å²) in [6, 6.07) is 5.32. The van der Waals surface area contributed by atoms with Crippen molar-refractivity contribution < 1.29 is 49.6 Å². The fourth-order valence-electron chi connectivity index (χ4n) is 3.58. The van der Waals surface area contributed by atoms with Crippen LogP contribution in [0.25, 0.3) is 22.3 Å². The molecule has 0 unspecified atom stereocenters. The predicted octanol–water partition coefficient (Wildman–Crippen LogP) is 0.153. The number of benzene rings is 2. The summed E-state index contributed by atoms with van der Waals surface area (Å²) in [5, 5.41) is 71.4. The molecule has 34 heavy (non-hydrogen) atoms. The molecule has 2 aromatic carbocycles. The van der Waals surface area contributed by atoms with Crippen LogP contribution in [0.2, 0.25) is 0 Å². The van der Waals surface area contributed by atoms with Crippen molar-refractivity contribution in [2.24, 2.45) is 5.18 Å². The molecule has 4 rings (SSSR count). The van der Waals surface area contributed by atoms with Gasteiger partial charge in [0.15, 0.2) is 17.3 Å². The minimum Gasteiger partial charge on any atom is -0.508 e. The van der Waals surface area contributed by atoms with E-state index in [0.29, 0.717) is 0 Å². The number of aliphatic hydroxyl groups excluding tert-OH is 4. The van der Waals surface area contributed by atoms with E-state index in [2.05, 4.69) is 5.18 Å². The number of aromatic hydroxyl groups is 3. The van der Waals surface area contributed by atoms with Crippen LogP contribution in [0.1, 0.15) is 0 Å². The monoisotopic (exact) mass is 477 g/mol. The SMILES string of the molecule is O=Nc1cc(O)cc2oc(-c3ccc(O)c(O)c3)c(O[C@@H]3O[C@H](CO)[C@H](O)[C@H](O)[C@H]3O)c(=O)c12. The van der Waals surface area contributed by atoms with E-state index in [1.54, 1.807) is 0 Å². The van der Waals surface area contributed by atoms with E-state index < -0.39 is 71.4 Å². The van der Waals surface area contributed by atoms with Crippen LogP contribution in [0.4, 0.5) is 5.69 Å². The van der Waals surface area contributed by atoms with Crippen LogP contribution in [-0.2, 0) is 4.74 Å². The first-order valence-electron chi connectivity index (χ1n) is 9.83. The highest BCUT2D eigenvalue weighted by molar-refractivity contribution is 5.92. The molecule has 1 aliphatic heterocycles. The molecule has 1 fully saturated rings. The Morgan fingerprint density at radius 2 is 1.71 bits per heavy atom. The normalized spacial score (nSPS) is 24.8. The molecule has 0 saturated carbocycles. The smallest absolute Gasteiger partial charge is 0.237 e. The summed E-state index contributed by atoms with van der Waals surface area (Å²) in [7, 11) is 0. The summed E-state index contributed by atoms with van der Waals surface area (Å²) in [5.41, 5.74) is -1.75. The van der Waals surface area contributed by atoms with Gasteiger partial charge in [-0.1, -0.05) is 0 Å². The highest BCUT2D eigenvalue weighted by atomic mass is 16.7. The number of nitrogens with zero attached hydrogens (tertiary/aromatic N) is 1. The van der Waals surface area contributed by atoms with Crippen LogP contribution in [0.5, 0.6) is 23.0 Å². The largest absolute Gasteiger partial charge is 0.508 e. The molecule has 3 aromatic rings. The molecule has 1 aliphatic rings. The first-order chi connectivity index (χ1) is 16.2. The van der Waals surface area contributed by atoms with Gasteiger partial charge in [0.2, 0.25) is 17.5 Å². The van der Waals surface area contributed by atoms with E-state index in [-0.39, 0.29) is 22.3 Å². The third-order valence-corrected chi connectivity index (χ3v) is 5.34. The van der Waals surface area contributed by atoms with Gasteiger partial charge in [-0.25, -0.2) is 0 Å². The van der Waals surface area contributed by atoms with Crippen molar-refractivity contribution in [1.29, 1.82) is 0 Å². The fraction of sp³-hybridized carbons (Fsp3) is 0.286. The number of phenols is 3. The number of hydrogen-bond acceptors (Lipinski definition) is 13. The third kappa shape index (κ3) is 3.91. The van der Waals surface area contributed by atoms with E-state index >= 15 is 0 Å². The molecule has 0 spiro atoms. The molecular weight excluding hydrogens is 458 g/mol. The lowest BCUT2D eigenvalue weighted by Gasteiger charge is -2.39. The first-order valence-corrected chi connectivity index (χ1v) is 9.83. The van der Waals surface area contributed by atoms with Gasteiger partial charge in [-0.05, 0) is 23.4 Å². The van der Waals surface area contributed by atoms with Crippen LogP contribution in [0.15, 0.2) is 44.7 Å².